The number of hydrogen-bond acceptors (Lipinski definition) is 4. The minimum atomic E-state index is 0.130. The molecule has 2 aromatic carbocycles. The minimum Gasteiger partial charge on any atom is -0.438 e. The van der Waals surface area contributed by atoms with Crippen LogP contribution >= 0.6 is 15.9 Å². The van der Waals surface area contributed by atoms with Gasteiger partial charge in [0.2, 0.25) is 5.71 Å². The molecular formula is C20H16BrN3O. The molecule has 0 unspecified atom stereocenters. The van der Waals surface area contributed by atoms with Gasteiger partial charge in [0.1, 0.15) is 17.9 Å². The van der Waals surface area contributed by atoms with Crippen LogP contribution in [0.25, 0.3) is 22.4 Å². The van der Waals surface area contributed by atoms with Crippen molar-refractivity contribution in [2.75, 3.05) is 5.32 Å². The lowest BCUT2D eigenvalue weighted by Crippen LogP contribution is -2.08. The summed E-state index contributed by atoms with van der Waals surface area (Å²) in [4.78, 5) is 8.66. The molecule has 1 N–H and O–H groups in total. The van der Waals surface area contributed by atoms with Crippen LogP contribution in [0, 0.1) is 0 Å². The maximum atomic E-state index is 5.92. The number of fused-ring (bicyclic) bond motifs is 1. The second-order valence-electron chi connectivity index (χ2n) is 5.84. The van der Waals surface area contributed by atoms with Gasteiger partial charge < -0.3 is 9.73 Å². The molecule has 0 aliphatic rings. The number of furan rings is 1. The topological polar surface area (TPSA) is 51.0 Å². The quantitative estimate of drug-likeness (QED) is 0.474. The zero-order valence-corrected chi connectivity index (χ0v) is 15.2. The minimum absolute atomic E-state index is 0.130. The highest BCUT2D eigenvalue weighted by Gasteiger charge is 2.14. The third-order valence-corrected chi connectivity index (χ3v) is 4.64. The average Bonchev–Trinajstić information content (AvgIpc) is 3.08. The first-order chi connectivity index (χ1) is 12.2. The van der Waals surface area contributed by atoms with E-state index in [0.29, 0.717) is 5.71 Å². The standard InChI is InChI=1S/C20H16BrN3O/c1-13(14-5-3-2-4-6-14)24-19-17-11-18(25-20(17)23-12-22-19)15-7-9-16(21)10-8-15/h2-13H,1H3,(H,22,23,24)/t13-/m1/s1. The van der Waals surface area contributed by atoms with E-state index in [0.717, 1.165) is 27.0 Å². The first-order valence-electron chi connectivity index (χ1n) is 8.02. The highest BCUT2D eigenvalue weighted by molar-refractivity contribution is 9.10. The fourth-order valence-electron chi connectivity index (χ4n) is 2.76. The van der Waals surface area contributed by atoms with Gasteiger partial charge in [0.15, 0.2) is 0 Å². The molecule has 0 radical (unpaired) electrons. The fraction of sp³-hybridized carbons (Fsp3) is 0.100. The van der Waals surface area contributed by atoms with E-state index in [1.165, 1.54) is 11.9 Å². The van der Waals surface area contributed by atoms with Crippen molar-refractivity contribution < 1.29 is 4.42 Å². The lowest BCUT2D eigenvalue weighted by Gasteiger charge is -2.14. The Morgan fingerprint density at radius 1 is 1.00 bits per heavy atom. The van der Waals surface area contributed by atoms with Crippen molar-refractivity contribution >= 4 is 32.8 Å². The van der Waals surface area contributed by atoms with Crippen LogP contribution in [0.3, 0.4) is 0 Å². The molecule has 0 saturated carbocycles. The first kappa shape index (κ1) is 15.8. The Bertz CT molecular complexity index is 997. The average molecular weight is 394 g/mol. The van der Waals surface area contributed by atoms with E-state index in [1.54, 1.807) is 0 Å². The molecule has 2 aromatic heterocycles. The Labute approximate surface area is 154 Å². The molecule has 0 aliphatic heterocycles. The van der Waals surface area contributed by atoms with E-state index in [-0.39, 0.29) is 6.04 Å². The Morgan fingerprint density at radius 2 is 1.76 bits per heavy atom. The molecule has 0 aliphatic carbocycles. The zero-order chi connectivity index (χ0) is 17.2. The molecule has 2 heterocycles. The van der Waals surface area contributed by atoms with Crippen LogP contribution in [-0.4, -0.2) is 9.97 Å². The van der Waals surface area contributed by atoms with Crippen molar-refractivity contribution in [3.05, 3.63) is 77.0 Å². The number of nitrogens with one attached hydrogen (secondary N) is 1. The maximum Gasteiger partial charge on any atom is 0.231 e. The van der Waals surface area contributed by atoms with Crippen LogP contribution in [0.1, 0.15) is 18.5 Å². The van der Waals surface area contributed by atoms with Gasteiger partial charge in [-0.25, -0.2) is 9.97 Å². The molecule has 4 rings (SSSR count). The number of hydrogen-bond donors (Lipinski definition) is 1. The predicted molar refractivity (Wildman–Crippen MR) is 103 cm³/mol. The van der Waals surface area contributed by atoms with Gasteiger partial charge in [0.25, 0.3) is 0 Å². The molecule has 124 valence electrons. The van der Waals surface area contributed by atoms with E-state index in [9.17, 15) is 0 Å². The molecule has 25 heavy (non-hydrogen) atoms. The summed E-state index contributed by atoms with van der Waals surface area (Å²) >= 11 is 3.45. The van der Waals surface area contributed by atoms with E-state index in [4.69, 9.17) is 4.42 Å². The Morgan fingerprint density at radius 3 is 2.52 bits per heavy atom. The summed E-state index contributed by atoms with van der Waals surface area (Å²) < 4.78 is 6.95. The predicted octanol–water partition coefficient (Wildman–Crippen LogP) is 5.83. The summed E-state index contributed by atoms with van der Waals surface area (Å²) in [5.74, 6) is 1.55. The van der Waals surface area contributed by atoms with Gasteiger partial charge in [-0.1, -0.05) is 58.4 Å². The van der Waals surface area contributed by atoms with Crippen LogP contribution in [0.15, 0.2) is 75.9 Å². The molecular weight excluding hydrogens is 378 g/mol. The highest BCUT2D eigenvalue weighted by Crippen LogP contribution is 2.31. The molecule has 0 fully saturated rings. The van der Waals surface area contributed by atoms with Gasteiger partial charge in [-0.2, -0.15) is 0 Å². The fourth-order valence-corrected chi connectivity index (χ4v) is 3.02. The van der Waals surface area contributed by atoms with E-state index >= 15 is 0 Å². The van der Waals surface area contributed by atoms with Gasteiger partial charge in [-0.3, -0.25) is 0 Å². The number of nitrogens with zero attached hydrogens (tertiary/aromatic N) is 2. The van der Waals surface area contributed by atoms with Crippen LogP contribution in [-0.2, 0) is 0 Å². The Kier molecular flexibility index (Phi) is 4.24. The van der Waals surface area contributed by atoms with E-state index in [1.807, 2.05) is 48.5 Å². The number of aromatic nitrogens is 2. The van der Waals surface area contributed by atoms with Gasteiger partial charge in [0, 0.05) is 16.1 Å². The van der Waals surface area contributed by atoms with Crippen molar-refractivity contribution in [3.8, 4) is 11.3 Å². The summed E-state index contributed by atoms with van der Waals surface area (Å²) in [5.41, 5.74) is 2.78. The monoisotopic (exact) mass is 393 g/mol. The van der Waals surface area contributed by atoms with Crippen LogP contribution in [0.2, 0.25) is 0 Å². The van der Waals surface area contributed by atoms with E-state index < -0.39 is 0 Å². The summed E-state index contributed by atoms with van der Waals surface area (Å²) in [5, 5.41) is 4.33. The molecule has 4 aromatic rings. The third kappa shape index (κ3) is 3.28. The second kappa shape index (κ2) is 6.69. The zero-order valence-electron chi connectivity index (χ0n) is 13.6. The van der Waals surface area contributed by atoms with E-state index in [2.05, 4.69) is 50.3 Å². The molecule has 0 saturated heterocycles. The summed E-state index contributed by atoms with van der Waals surface area (Å²) in [6.07, 6.45) is 1.53. The number of rotatable bonds is 4. The molecule has 0 bridgehead atoms. The van der Waals surface area contributed by atoms with Crippen molar-refractivity contribution in [1.82, 2.24) is 9.97 Å². The van der Waals surface area contributed by atoms with Crippen LogP contribution in [0.5, 0.6) is 0 Å². The number of benzene rings is 2. The smallest absolute Gasteiger partial charge is 0.231 e. The van der Waals surface area contributed by atoms with Crippen LogP contribution in [0.4, 0.5) is 5.82 Å². The van der Waals surface area contributed by atoms with Crippen molar-refractivity contribution in [1.29, 1.82) is 0 Å². The summed E-state index contributed by atoms with van der Waals surface area (Å²) in [6, 6.07) is 20.4. The second-order valence-corrected chi connectivity index (χ2v) is 6.75. The van der Waals surface area contributed by atoms with Crippen LogP contribution < -0.4 is 5.32 Å². The Balaban J connectivity index is 1.69. The third-order valence-electron chi connectivity index (χ3n) is 4.11. The molecule has 5 heteroatoms. The SMILES string of the molecule is C[C@@H](Nc1ncnc2oc(-c3ccc(Br)cc3)cc12)c1ccccc1. The molecule has 0 spiro atoms. The molecule has 4 nitrogen and oxygen atoms in total. The summed E-state index contributed by atoms with van der Waals surface area (Å²) in [6.45, 7) is 2.11. The van der Waals surface area contributed by atoms with Gasteiger partial charge in [0.05, 0.1) is 5.39 Å². The van der Waals surface area contributed by atoms with Gasteiger partial charge >= 0.3 is 0 Å². The maximum absolute atomic E-state index is 5.92. The highest BCUT2D eigenvalue weighted by atomic mass is 79.9. The Hall–Kier alpha value is -2.66. The lowest BCUT2D eigenvalue weighted by molar-refractivity contribution is 0.617. The number of anilines is 1. The molecule has 1 atom stereocenters. The van der Waals surface area contributed by atoms with Gasteiger partial charge in [-0.05, 0) is 30.7 Å². The summed E-state index contributed by atoms with van der Waals surface area (Å²) in [7, 11) is 0. The van der Waals surface area contributed by atoms with Crippen molar-refractivity contribution in [2.45, 2.75) is 13.0 Å². The van der Waals surface area contributed by atoms with Gasteiger partial charge in [-0.15, -0.1) is 0 Å². The normalized spacial score (nSPS) is 12.2. The number of halogens is 1. The lowest BCUT2D eigenvalue weighted by atomic mass is 10.1. The van der Waals surface area contributed by atoms with Crippen molar-refractivity contribution in [3.63, 3.8) is 0 Å². The largest absolute Gasteiger partial charge is 0.438 e. The molecule has 0 amide bonds. The van der Waals surface area contributed by atoms with Crippen molar-refractivity contribution in [2.24, 2.45) is 0 Å². The first-order valence-corrected chi connectivity index (χ1v) is 8.82.